The van der Waals surface area contributed by atoms with Crippen molar-refractivity contribution in [3.63, 3.8) is 0 Å². The second-order valence-electron chi connectivity index (χ2n) is 6.10. The van der Waals surface area contributed by atoms with Gasteiger partial charge in [-0.15, -0.1) is 0 Å². The first-order valence-corrected chi connectivity index (χ1v) is 8.32. The van der Waals surface area contributed by atoms with Gasteiger partial charge in [-0.25, -0.2) is 0 Å². The maximum absolute atomic E-state index is 13.0. The Balaban J connectivity index is 1.81. The molecular formula is C16H18BrF3O. The molecule has 2 saturated carbocycles. The lowest BCUT2D eigenvalue weighted by molar-refractivity contribution is -0.141. The van der Waals surface area contributed by atoms with Crippen LogP contribution in [-0.2, 0) is 6.18 Å². The molecule has 116 valence electrons. The summed E-state index contributed by atoms with van der Waals surface area (Å²) in [4.78, 5) is 0.369. The van der Waals surface area contributed by atoms with Crippen LogP contribution < -0.4 is 4.74 Å². The average Bonchev–Trinajstić information content (AvgIpc) is 2.47. The molecular weight excluding hydrogens is 345 g/mol. The van der Waals surface area contributed by atoms with Crippen LogP contribution in [0.4, 0.5) is 13.2 Å². The van der Waals surface area contributed by atoms with Crippen LogP contribution in [0.1, 0.15) is 44.1 Å². The molecule has 2 atom stereocenters. The fraction of sp³-hybridized carbons (Fsp3) is 0.625. The van der Waals surface area contributed by atoms with Crippen molar-refractivity contribution in [2.45, 2.75) is 55.6 Å². The van der Waals surface area contributed by atoms with E-state index in [1.807, 2.05) is 0 Å². The van der Waals surface area contributed by atoms with E-state index in [2.05, 4.69) is 15.9 Å². The lowest BCUT2D eigenvalue weighted by atomic mass is 9.58. The number of ether oxygens (including phenoxy) is 1. The number of hydrogen-bond donors (Lipinski definition) is 0. The zero-order valence-electron chi connectivity index (χ0n) is 11.6. The van der Waals surface area contributed by atoms with Crippen LogP contribution in [0.5, 0.6) is 5.75 Å². The average molecular weight is 363 g/mol. The predicted molar refractivity (Wildman–Crippen MR) is 78.7 cm³/mol. The molecule has 0 heterocycles. The fourth-order valence-corrected chi connectivity index (χ4v) is 4.76. The standard InChI is InChI=1S/C16H18BrF3O/c17-13-10-14(15(13)8-4-1-5-9-15)21-12-7-3-2-6-11(12)16(18,19)20/h2-3,6-7,13-14H,1,4-5,8-10H2. The fourth-order valence-electron chi connectivity index (χ4n) is 3.67. The molecule has 1 spiro atoms. The first-order valence-electron chi connectivity index (χ1n) is 7.40. The van der Waals surface area contributed by atoms with Crippen LogP contribution in [0.25, 0.3) is 0 Å². The zero-order chi connectivity index (χ0) is 15.1. The van der Waals surface area contributed by atoms with E-state index in [9.17, 15) is 13.2 Å². The second-order valence-corrected chi connectivity index (χ2v) is 7.20. The van der Waals surface area contributed by atoms with Gasteiger partial charge in [-0.1, -0.05) is 47.3 Å². The van der Waals surface area contributed by atoms with Crippen molar-refractivity contribution in [3.8, 4) is 5.75 Å². The summed E-state index contributed by atoms with van der Waals surface area (Å²) in [6.07, 6.45) is 1.90. The number of alkyl halides is 4. The van der Waals surface area contributed by atoms with E-state index in [1.165, 1.54) is 18.6 Å². The van der Waals surface area contributed by atoms with Gasteiger partial charge in [-0.3, -0.25) is 0 Å². The van der Waals surface area contributed by atoms with Gasteiger partial charge in [0.1, 0.15) is 11.9 Å². The molecule has 0 aliphatic heterocycles. The van der Waals surface area contributed by atoms with Crippen LogP contribution in [0.15, 0.2) is 24.3 Å². The SMILES string of the molecule is FC(F)(F)c1ccccc1OC1CC(Br)C12CCCCC2. The van der Waals surface area contributed by atoms with E-state index in [0.29, 0.717) is 4.83 Å². The Hall–Kier alpha value is -0.710. The molecule has 2 unspecified atom stereocenters. The zero-order valence-corrected chi connectivity index (χ0v) is 13.2. The highest BCUT2D eigenvalue weighted by Gasteiger charge is 2.55. The van der Waals surface area contributed by atoms with Gasteiger partial charge >= 0.3 is 6.18 Å². The monoisotopic (exact) mass is 362 g/mol. The molecule has 2 aliphatic rings. The topological polar surface area (TPSA) is 9.23 Å². The molecule has 5 heteroatoms. The van der Waals surface area contributed by atoms with Crippen molar-refractivity contribution in [1.82, 2.24) is 0 Å². The van der Waals surface area contributed by atoms with Gasteiger partial charge < -0.3 is 4.74 Å². The number of para-hydroxylation sites is 1. The highest BCUT2D eigenvalue weighted by Crippen LogP contribution is 2.56. The minimum atomic E-state index is -4.37. The van der Waals surface area contributed by atoms with E-state index in [4.69, 9.17) is 4.74 Å². The van der Waals surface area contributed by atoms with Gasteiger partial charge in [0.15, 0.2) is 0 Å². The van der Waals surface area contributed by atoms with E-state index < -0.39 is 11.7 Å². The van der Waals surface area contributed by atoms with E-state index >= 15 is 0 Å². The van der Waals surface area contributed by atoms with Gasteiger partial charge in [-0.2, -0.15) is 13.2 Å². The molecule has 21 heavy (non-hydrogen) atoms. The number of rotatable bonds is 2. The Morgan fingerprint density at radius 3 is 2.38 bits per heavy atom. The number of hydrogen-bond acceptors (Lipinski definition) is 1. The quantitative estimate of drug-likeness (QED) is 0.624. The smallest absolute Gasteiger partial charge is 0.419 e. The third-order valence-corrected chi connectivity index (χ3v) is 6.22. The van der Waals surface area contributed by atoms with Crippen molar-refractivity contribution >= 4 is 15.9 Å². The van der Waals surface area contributed by atoms with Gasteiger partial charge in [-0.05, 0) is 31.4 Å². The Labute approximate surface area is 131 Å². The minimum absolute atomic E-state index is 0.0248. The number of benzene rings is 1. The molecule has 0 bridgehead atoms. The molecule has 1 aromatic carbocycles. The lowest BCUT2D eigenvalue weighted by Crippen LogP contribution is -2.57. The van der Waals surface area contributed by atoms with Crippen LogP contribution in [0.2, 0.25) is 0 Å². The minimum Gasteiger partial charge on any atom is -0.489 e. The molecule has 0 aromatic heterocycles. The lowest BCUT2D eigenvalue weighted by Gasteiger charge is -2.55. The van der Waals surface area contributed by atoms with Crippen molar-refractivity contribution in [2.75, 3.05) is 0 Å². The van der Waals surface area contributed by atoms with E-state index in [1.54, 1.807) is 6.07 Å². The number of halogens is 4. The van der Waals surface area contributed by atoms with Crippen molar-refractivity contribution in [1.29, 1.82) is 0 Å². The molecule has 0 amide bonds. The van der Waals surface area contributed by atoms with Crippen LogP contribution >= 0.6 is 15.9 Å². The summed E-state index contributed by atoms with van der Waals surface area (Å²) in [5.74, 6) is -0.0284. The summed E-state index contributed by atoms with van der Waals surface area (Å²) in [5, 5.41) is 0. The molecule has 3 rings (SSSR count). The summed E-state index contributed by atoms with van der Waals surface area (Å²) < 4.78 is 44.9. The Bertz CT molecular complexity index is 508. The third kappa shape index (κ3) is 2.69. The van der Waals surface area contributed by atoms with Gasteiger partial charge in [0.25, 0.3) is 0 Å². The molecule has 0 radical (unpaired) electrons. The van der Waals surface area contributed by atoms with Crippen LogP contribution in [0, 0.1) is 5.41 Å². The molecule has 0 N–H and O–H groups in total. The summed E-state index contributed by atoms with van der Waals surface area (Å²) in [6, 6.07) is 5.52. The molecule has 2 aliphatic carbocycles. The Morgan fingerprint density at radius 1 is 1.10 bits per heavy atom. The molecule has 2 fully saturated rings. The maximum atomic E-state index is 13.0. The highest BCUT2D eigenvalue weighted by atomic mass is 79.9. The van der Waals surface area contributed by atoms with Gasteiger partial charge in [0, 0.05) is 10.2 Å². The summed E-state index contributed by atoms with van der Waals surface area (Å²) in [6.45, 7) is 0. The molecule has 1 nitrogen and oxygen atoms in total. The molecule has 1 aromatic rings. The maximum Gasteiger partial charge on any atom is 0.419 e. The van der Waals surface area contributed by atoms with E-state index in [-0.39, 0.29) is 17.3 Å². The summed E-state index contributed by atoms with van der Waals surface area (Å²) in [5.41, 5.74) is -0.647. The third-order valence-electron chi connectivity index (χ3n) is 4.93. The van der Waals surface area contributed by atoms with Crippen LogP contribution in [0.3, 0.4) is 0 Å². The predicted octanol–water partition coefficient (Wildman–Crippen LogP) is 5.57. The first-order chi connectivity index (χ1) is 9.93. The molecule has 0 saturated heterocycles. The van der Waals surface area contributed by atoms with Crippen LogP contribution in [-0.4, -0.2) is 10.9 Å². The van der Waals surface area contributed by atoms with Crippen molar-refractivity contribution in [2.24, 2.45) is 5.41 Å². The van der Waals surface area contributed by atoms with Gasteiger partial charge in [0.05, 0.1) is 5.56 Å². The summed E-state index contributed by atoms with van der Waals surface area (Å²) in [7, 11) is 0. The first kappa shape index (κ1) is 15.2. The summed E-state index contributed by atoms with van der Waals surface area (Å²) >= 11 is 3.69. The van der Waals surface area contributed by atoms with Crippen molar-refractivity contribution in [3.05, 3.63) is 29.8 Å². The second kappa shape index (κ2) is 5.49. The van der Waals surface area contributed by atoms with Gasteiger partial charge in [0.2, 0.25) is 0 Å². The normalized spacial score (nSPS) is 28.2. The van der Waals surface area contributed by atoms with E-state index in [0.717, 1.165) is 38.2 Å². The Morgan fingerprint density at radius 2 is 1.76 bits per heavy atom. The van der Waals surface area contributed by atoms with Crippen molar-refractivity contribution < 1.29 is 17.9 Å². The highest BCUT2D eigenvalue weighted by molar-refractivity contribution is 9.09. The largest absolute Gasteiger partial charge is 0.489 e. The Kier molecular flexibility index (Phi) is 3.97.